The SMILES string of the molecule is Fc1cccc2c1OC(Cl)(Cl)O2. The van der Waals surface area contributed by atoms with Gasteiger partial charge in [0.05, 0.1) is 0 Å². The summed E-state index contributed by atoms with van der Waals surface area (Å²) in [6, 6.07) is 4.23. The number of hydrogen-bond donors (Lipinski definition) is 0. The number of para-hydroxylation sites is 1. The highest BCUT2D eigenvalue weighted by Gasteiger charge is 2.39. The summed E-state index contributed by atoms with van der Waals surface area (Å²) < 4.78 is 20.7. The molecule has 0 aromatic heterocycles. The molecule has 1 aliphatic heterocycles. The van der Waals surface area contributed by atoms with Crippen LogP contribution in [-0.4, -0.2) is 4.71 Å². The summed E-state index contributed by atoms with van der Waals surface area (Å²) in [6.45, 7) is 0. The van der Waals surface area contributed by atoms with E-state index in [1.165, 1.54) is 18.2 Å². The van der Waals surface area contributed by atoms with Gasteiger partial charge in [-0.15, -0.1) is 0 Å². The van der Waals surface area contributed by atoms with Crippen LogP contribution in [0.5, 0.6) is 11.5 Å². The van der Waals surface area contributed by atoms with Crippen LogP contribution in [0.15, 0.2) is 18.2 Å². The summed E-state index contributed by atoms with van der Waals surface area (Å²) >= 11 is 10.9. The highest BCUT2D eigenvalue weighted by atomic mass is 35.5. The van der Waals surface area contributed by atoms with E-state index >= 15 is 0 Å². The van der Waals surface area contributed by atoms with Crippen molar-refractivity contribution in [3.8, 4) is 11.5 Å². The minimum absolute atomic E-state index is 0.0532. The van der Waals surface area contributed by atoms with E-state index in [0.29, 0.717) is 0 Å². The number of alkyl halides is 2. The van der Waals surface area contributed by atoms with Crippen molar-refractivity contribution in [3.63, 3.8) is 0 Å². The molecule has 0 spiro atoms. The molecule has 0 saturated carbocycles. The van der Waals surface area contributed by atoms with Gasteiger partial charge in [0, 0.05) is 0 Å². The number of fused-ring (bicyclic) bond motifs is 1. The molecular formula is C7H3Cl2FO2. The van der Waals surface area contributed by atoms with Gasteiger partial charge in [-0.3, -0.25) is 0 Å². The predicted molar refractivity (Wildman–Crippen MR) is 42.1 cm³/mol. The van der Waals surface area contributed by atoms with Crippen LogP contribution in [0.3, 0.4) is 0 Å². The molecular weight excluding hydrogens is 206 g/mol. The van der Waals surface area contributed by atoms with Crippen LogP contribution in [-0.2, 0) is 0 Å². The molecule has 0 atom stereocenters. The summed E-state index contributed by atoms with van der Waals surface area (Å²) in [4.78, 5) is 0. The Morgan fingerprint density at radius 2 is 2.00 bits per heavy atom. The molecule has 1 aromatic rings. The molecule has 0 unspecified atom stereocenters. The number of hydrogen-bond acceptors (Lipinski definition) is 2. The molecule has 2 nitrogen and oxygen atoms in total. The van der Waals surface area contributed by atoms with Crippen LogP contribution in [0.25, 0.3) is 0 Å². The number of benzene rings is 1. The van der Waals surface area contributed by atoms with Gasteiger partial charge in [-0.25, -0.2) is 4.39 Å². The summed E-state index contributed by atoms with van der Waals surface area (Å²) in [5, 5.41) is 0. The zero-order chi connectivity index (χ0) is 8.77. The van der Waals surface area contributed by atoms with Gasteiger partial charge in [-0.05, 0) is 35.3 Å². The maximum Gasteiger partial charge on any atom is 0.419 e. The van der Waals surface area contributed by atoms with Crippen LogP contribution in [0, 0.1) is 5.82 Å². The summed E-state index contributed by atoms with van der Waals surface area (Å²) in [6.07, 6.45) is 0. The van der Waals surface area contributed by atoms with Crippen molar-refractivity contribution in [3.05, 3.63) is 24.0 Å². The average molecular weight is 209 g/mol. The number of ether oxygens (including phenoxy) is 2. The van der Waals surface area contributed by atoms with Gasteiger partial charge in [0.25, 0.3) is 0 Å². The van der Waals surface area contributed by atoms with E-state index in [1.807, 2.05) is 0 Å². The van der Waals surface area contributed by atoms with Crippen LogP contribution >= 0.6 is 23.2 Å². The lowest BCUT2D eigenvalue weighted by atomic mass is 10.3. The quantitative estimate of drug-likeness (QED) is 0.611. The van der Waals surface area contributed by atoms with E-state index in [-0.39, 0.29) is 11.5 Å². The Kier molecular flexibility index (Phi) is 1.59. The maximum absolute atomic E-state index is 12.9. The molecule has 0 saturated heterocycles. The normalized spacial score (nSPS) is 17.9. The first kappa shape index (κ1) is 7.95. The molecule has 64 valence electrons. The highest BCUT2D eigenvalue weighted by molar-refractivity contribution is 6.46. The van der Waals surface area contributed by atoms with Gasteiger partial charge < -0.3 is 9.47 Å². The first-order chi connectivity index (χ1) is 5.58. The molecule has 1 heterocycles. The molecule has 5 heteroatoms. The third-order valence-corrected chi connectivity index (χ3v) is 1.69. The molecule has 0 amide bonds. The standard InChI is InChI=1S/C7H3Cl2FO2/c8-7(9)11-5-3-1-2-4(10)6(5)12-7/h1-3H. The maximum atomic E-state index is 12.9. The molecule has 0 bridgehead atoms. The minimum atomic E-state index is -1.80. The van der Waals surface area contributed by atoms with Crippen LogP contribution < -0.4 is 9.47 Å². The topological polar surface area (TPSA) is 18.5 Å². The van der Waals surface area contributed by atoms with E-state index in [0.717, 1.165) is 0 Å². The van der Waals surface area contributed by atoms with Crippen LogP contribution in [0.2, 0.25) is 0 Å². The van der Waals surface area contributed by atoms with Gasteiger partial charge in [0.2, 0.25) is 5.75 Å². The lowest BCUT2D eigenvalue weighted by molar-refractivity contribution is 0.0827. The summed E-state index contributed by atoms with van der Waals surface area (Å²) in [5.41, 5.74) is 0. The van der Waals surface area contributed by atoms with E-state index in [4.69, 9.17) is 32.7 Å². The minimum Gasteiger partial charge on any atom is -0.423 e. The Hall–Kier alpha value is -0.670. The Balaban J connectivity index is 2.48. The molecule has 0 fully saturated rings. The Bertz CT molecular complexity index is 327. The second-order valence-corrected chi connectivity index (χ2v) is 3.42. The lowest BCUT2D eigenvalue weighted by Crippen LogP contribution is -2.23. The monoisotopic (exact) mass is 208 g/mol. The van der Waals surface area contributed by atoms with Crippen LogP contribution in [0.1, 0.15) is 0 Å². The van der Waals surface area contributed by atoms with Gasteiger partial charge in [0.1, 0.15) is 0 Å². The molecule has 1 aliphatic rings. The molecule has 12 heavy (non-hydrogen) atoms. The summed E-state index contributed by atoms with van der Waals surface area (Å²) in [7, 11) is 0. The van der Waals surface area contributed by atoms with Crippen molar-refractivity contribution in [2.45, 2.75) is 4.71 Å². The van der Waals surface area contributed by atoms with Crippen molar-refractivity contribution >= 4 is 23.2 Å². The van der Waals surface area contributed by atoms with Gasteiger partial charge in [-0.1, -0.05) is 6.07 Å². The first-order valence-corrected chi connectivity index (χ1v) is 3.88. The zero-order valence-electron chi connectivity index (χ0n) is 5.68. The van der Waals surface area contributed by atoms with Gasteiger partial charge in [-0.2, -0.15) is 0 Å². The molecule has 0 radical (unpaired) electrons. The number of halogens is 3. The first-order valence-electron chi connectivity index (χ1n) is 3.13. The average Bonchev–Trinajstić information content (AvgIpc) is 2.25. The fourth-order valence-electron chi connectivity index (χ4n) is 0.936. The lowest BCUT2D eigenvalue weighted by Gasteiger charge is -2.09. The van der Waals surface area contributed by atoms with Gasteiger partial charge in [0.15, 0.2) is 11.6 Å². The molecule has 0 aliphatic carbocycles. The van der Waals surface area contributed by atoms with E-state index in [9.17, 15) is 4.39 Å². The molecule has 2 rings (SSSR count). The van der Waals surface area contributed by atoms with Crippen molar-refractivity contribution in [1.82, 2.24) is 0 Å². The third kappa shape index (κ3) is 1.19. The largest absolute Gasteiger partial charge is 0.423 e. The van der Waals surface area contributed by atoms with E-state index < -0.39 is 10.5 Å². The van der Waals surface area contributed by atoms with Crippen LogP contribution in [0.4, 0.5) is 4.39 Å². The Morgan fingerprint density at radius 1 is 1.25 bits per heavy atom. The fraction of sp³-hybridized carbons (Fsp3) is 0.143. The highest BCUT2D eigenvalue weighted by Crippen LogP contribution is 2.44. The number of rotatable bonds is 0. The molecule has 1 aromatic carbocycles. The molecule has 0 N–H and O–H groups in total. The fourth-order valence-corrected chi connectivity index (χ4v) is 1.26. The zero-order valence-corrected chi connectivity index (χ0v) is 7.19. The Morgan fingerprint density at radius 3 is 2.67 bits per heavy atom. The van der Waals surface area contributed by atoms with E-state index in [2.05, 4.69) is 0 Å². The van der Waals surface area contributed by atoms with Crippen molar-refractivity contribution in [2.24, 2.45) is 0 Å². The second kappa shape index (κ2) is 2.41. The van der Waals surface area contributed by atoms with E-state index in [1.54, 1.807) is 0 Å². The summed E-state index contributed by atoms with van der Waals surface area (Å²) in [5.74, 6) is -0.391. The predicted octanol–water partition coefficient (Wildman–Crippen LogP) is 2.69. The Labute approximate surface area is 77.8 Å². The second-order valence-electron chi connectivity index (χ2n) is 2.23. The van der Waals surface area contributed by atoms with Crippen molar-refractivity contribution in [1.29, 1.82) is 0 Å². The van der Waals surface area contributed by atoms with Crippen molar-refractivity contribution < 1.29 is 13.9 Å². The third-order valence-electron chi connectivity index (χ3n) is 1.38. The van der Waals surface area contributed by atoms with Gasteiger partial charge >= 0.3 is 4.71 Å². The van der Waals surface area contributed by atoms with Crippen molar-refractivity contribution in [2.75, 3.05) is 0 Å². The smallest absolute Gasteiger partial charge is 0.419 e.